The van der Waals surface area contributed by atoms with Crippen LogP contribution in [0.1, 0.15) is 33.1 Å². The van der Waals surface area contributed by atoms with Gasteiger partial charge in [-0.1, -0.05) is 0 Å². The van der Waals surface area contributed by atoms with Gasteiger partial charge in [0.05, 0.1) is 0 Å². The minimum Gasteiger partial charge on any atom is -0.381 e. The maximum atomic E-state index is 11.3. The molecule has 0 aromatic carbocycles. The second kappa shape index (κ2) is 11.3. The van der Waals surface area contributed by atoms with Crippen molar-refractivity contribution in [1.82, 2.24) is 20.4 Å². The van der Waals surface area contributed by atoms with E-state index < -0.39 is 0 Å². The number of piperazine rings is 1. The number of nitrogens with zero attached hydrogens (tertiary/aromatic N) is 3. The lowest BCUT2D eigenvalue weighted by molar-refractivity contribution is -0.130. The van der Waals surface area contributed by atoms with Crippen LogP contribution in [0.2, 0.25) is 0 Å². The standard InChI is InChI=1S/C18H35N5O2/c1-3-19-18(20-7-4-14-25-15-17-5-6-17)21-8-9-22-10-12-23(13-11-22)16(2)24/h17H,3-15H2,1-2H3,(H2,19,20,21). The van der Waals surface area contributed by atoms with Crippen molar-refractivity contribution in [3.05, 3.63) is 0 Å². The Morgan fingerprint density at radius 2 is 1.96 bits per heavy atom. The van der Waals surface area contributed by atoms with Gasteiger partial charge in [-0.25, -0.2) is 0 Å². The van der Waals surface area contributed by atoms with Gasteiger partial charge in [0, 0.05) is 72.5 Å². The van der Waals surface area contributed by atoms with E-state index >= 15 is 0 Å². The molecular weight excluding hydrogens is 318 g/mol. The van der Waals surface area contributed by atoms with E-state index in [2.05, 4.69) is 27.4 Å². The summed E-state index contributed by atoms with van der Waals surface area (Å²) < 4.78 is 5.64. The minimum absolute atomic E-state index is 0.181. The topological polar surface area (TPSA) is 69.2 Å². The number of rotatable bonds is 10. The molecular formula is C18H35N5O2. The number of nitrogens with one attached hydrogen (secondary N) is 2. The summed E-state index contributed by atoms with van der Waals surface area (Å²) in [6, 6.07) is 0. The second-order valence-corrected chi connectivity index (χ2v) is 6.91. The van der Waals surface area contributed by atoms with Gasteiger partial charge in [-0.15, -0.1) is 0 Å². The Kier molecular flexibility index (Phi) is 9.04. The highest BCUT2D eigenvalue weighted by Crippen LogP contribution is 2.28. The van der Waals surface area contributed by atoms with E-state index in [1.165, 1.54) is 12.8 Å². The Labute approximate surface area is 152 Å². The average molecular weight is 354 g/mol. The predicted molar refractivity (Wildman–Crippen MR) is 101 cm³/mol. The van der Waals surface area contributed by atoms with Gasteiger partial charge >= 0.3 is 0 Å². The summed E-state index contributed by atoms with van der Waals surface area (Å²) in [4.78, 5) is 20.3. The van der Waals surface area contributed by atoms with Gasteiger partial charge in [0.2, 0.25) is 5.91 Å². The van der Waals surface area contributed by atoms with E-state index in [1.54, 1.807) is 6.92 Å². The number of carbonyl (C=O) groups excluding carboxylic acids is 1. The molecule has 2 N–H and O–H groups in total. The fourth-order valence-corrected chi connectivity index (χ4v) is 2.85. The molecule has 2 fully saturated rings. The van der Waals surface area contributed by atoms with Crippen LogP contribution in [0.5, 0.6) is 0 Å². The van der Waals surface area contributed by atoms with Gasteiger partial charge in [0.15, 0.2) is 5.96 Å². The number of aliphatic imine (C=N–C) groups is 1. The summed E-state index contributed by atoms with van der Waals surface area (Å²) in [7, 11) is 0. The van der Waals surface area contributed by atoms with Gasteiger partial charge in [-0.3, -0.25) is 14.7 Å². The van der Waals surface area contributed by atoms with Crippen LogP contribution in [-0.4, -0.2) is 87.2 Å². The average Bonchev–Trinajstić information content (AvgIpc) is 3.42. The van der Waals surface area contributed by atoms with Crippen molar-refractivity contribution in [2.75, 3.05) is 65.6 Å². The smallest absolute Gasteiger partial charge is 0.219 e. The summed E-state index contributed by atoms with van der Waals surface area (Å²) in [6.45, 7) is 12.5. The minimum atomic E-state index is 0.181. The molecule has 7 heteroatoms. The van der Waals surface area contributed by atoms with Crippen LogP contribution >= 0.6 is 0 Å². The van der Waals surface area contributed by atoms with Gasteiger partial charge < -0.3 is 20.3 Å². The molecule has 0 aromatic heterocycles. The maximum absolute atomic E-state index is 11.3. The van der Waals surface area contributed by atoms with E-state index in [9.17, 15) is 4.79 Å². The molecule has 144 valence electrons. The van der Waals surface area contributed by atoms with E-state index in [0.29, 0.717) is 0 Å². The molecule has 0 aromatic rings. The highest BCUT2D eigenvalue weighted by atomic mass is 16.5. The Bertz CT molecular complexity index is 418. The molecule has 1 aliphatic carbocycles. The Balaban J connectivity index is 1.55. The molecule has 1 saturated heterocycles. The van der Waals surface area contributed by atoms with Crippen molar-refractivity contribution < 1.29 is 9.53 Å². The van der Waals surface area contributed by atoms with Gasteiger partial charge in [0.1, 0.15) is 0 Å². The van der Waals surface area contributed by atoms with Crippen molar-refractivity contribution in [3.63, 3.8) is 0 Å². The highest BCUT2D eigenvalue weighted by molar-refractivity contribution is 5.79. The molecule has 25 heavy (non-hydrogen) atoms. The lowest BCUT2D eigenvalue weighted by Gasteiger charge is -2.34. The van der Waals surface area contributed by atoms with Gasteiger partial charge in [-0.2, -0.15) is 0 Å². The summed E-state index contributed by atoms with van der Waals surface area (Å²) in [5.41, 5.74) is 0. The number of hydrogen-bond donors (Lipinski definition) is 2. The third kappa shape index (κ3) is 8.54. The van der Waals surface area contributed by atoms with Crippen LogP contribution in [0.25, 0.3) is 0 Å². The van der Waals surface area contributed by atoms with Crippen molar-refractivity contribution in [3.8, 4) is 0 Å². The van der Waals surface area contributed by atoms with Crippen molar-refractivity contribution in [1.29, 1.82) is 0 Å². The molecule has 1 aliphatic heterocycles. The number of guanidine groups is 1. The normalized spacial score (nSPS) is 19.1. The van der Waals surface area contributed by atoms with Crippen LogP contribution in [0.4, 0.5) is 0 Å². The van der Waals surface area contributed by atoms with E-state index in [0.717, 1.165) is 83.9 Å². The lowest BCUT2D eigenvalue weighted by atomic mass is 10.3. The molecule has 2 aliphatic rings. The molecule has 1 amide bonds. The Hall–Kier alpha value is -1.34. The summed E-state index contributed by atoms with van der Waals surface area (Å²) >= 11 is 0. The maximum Gasteiger partial charge on any atom is 0.219 e. The fraction of sp³-hybridized carbons (Fsp3) is 0.889. The molecule has 0 unspecified atom stereocenters. The first-order valence-electron chi connectivity index (χ1n) is 9.77. The SMILES string of the molecule is CCNC(=NCCCOCC1CC1)NCCN1CCN(C(C)=O)CC1. The number of carbonyl (C=O) groups is 1. The number of ether oxygens (including phenoxy) is 1. The lowest BCUT2D eigenvalue weighted by Crippen LogP contribution is -2.50. The molecule has 0 spiro atoms. The third-order valence-electron chi connectivity index (χ3n) is 4.65. The first-order chi connectivity index (χ1) is 12.2. The molecule has 0 atom stereocenters. The molecule has 7 nitrogen and oxygen atoms in total. The van der Waals surface area contributed by atoms with E-state index in [1.807, 2.05) is 4.90 Å². The molecule has 2 rings (SSSR count). The fourth-order valence-electron chi connectivity index (χ4n) is 2.85. The van der Waals surface area contributed by atoms with Crippen LogP contribution in [-0.2, 0) is 9.53 Å². The van der Waals surface area contributed by atoms with Gasteiger partial charge in [-0.05, 0) is 32.1 Å². The summed E-state index contributed by atoms with van der Waals surface area (Å²) in [5.74, 6) is 1.90. The van der Waals surface area contributed by atoms with Crippen LogP contribution in [0.15, 0.2) is 4.99 Å². The Morgan fingerprint density at radius 3 is 2.60 bits per heavy atom. The number of amides is 1. The van der Waals surface area contributed by atoms with Gasteiger partial charge in [0.25, 0.3) is 0 Å². The molecule has 0 radical (unpaired) electrons. The van der Waals surface area contributed by atoms with Crippen molar-refractivity contribution in [2.45, 2.75) is 33.1 Å². The summed E-state index contributed by atoms with van der Waals surface area (Å²) in [5, 5.41) is 6.69. The number of hydrogen-bond acceptors (Lipinski definition) is 4. The van der Waals surface area contributed by atoms with Crippen molar-refractivity contribution >= 4 is 11.9 Å². The zero-order valence-electron chi connectivity index (χ0n) is 15.9. The molecule has 0 bridgehead atoms. The first-order valence-corrected chi connectivity index (χ1v) is 9.77. The van der Waals surface area contributed by atoms with Crippen LogP contribution in [0, 0.1) is 5.92 Å². The van der Waals surface area contributed by atoms with E-state index in [-0.39, 0.29) is 5.91 Å². The monoisotopic (exact) mass is 353 g/mol. The van der Waals surface area contributed by atoms with Crippen LogP contribution in [0.3, 0.4) is 0 Å². The van der Waals surface area contributed by atoms with Crippen molar-refractivity contribution in [2.24, 2.45) is 10.9 Å². The zero-order valence-corrected chi connectivity index (χ0v) is 15.9. The first kappa shape index (κ1) is 20.0. The zero-order chi connectivity index (χ0) is 17.9. The van der Waals surface area contributed by atoms with Crippen LogP contribution < -0.4 is 10.6 Å². The second-order valence-electron chi connectivity index (χ2n) is 6.91. The third-order valence-corrected chi connectivity index (χ3v) is 4.65. The summed E-state index contributed by atoms with van der Waals surface area (Å²) in [6.07, 6.45) is 3.66. The highest BCUT2D eigenvalue weighted by Gasteiger charge is 2.20. The quantitative estimate of drug-likeness (QED) is 0.340. The Morgan fingerprint density at radius 1 is 1.20 bits per heavy atom. The van der Waals surface area contributed by atoms with E-state index in [4.69, 9.17) is 4.74 Å². The predicted octanol–water partition coefficient (Wildman–Crippen LogP) is 0.522. The largest absolute Gasteiger partial charge is 0.381 e. The molecule has 1 heterocycles. The molecule has 1 saturated carbocycles.